The van der Waals surface area contributed by atoms with Gasteiger partial charge in [0, 0.05) is 39.9 Å². The summed E-state index contributed by atoms with van der Waals surface area (Å²) in [4.78, 5) is 0. The molecule has 1 unspecified atom stereocenters. The first-order valence-electron chi connectivity index (χ1n) is 6.16. The molecule has 2 N–H and O–H groups in total. The third kappa shape index (κ3) is 5.80. The molecule has 0 saturated carbocycles. The zero-order chi connectivity index (χ0) is 11.9. The van der Waals surface area contributed by atoms with Crippen LogP contribution in [0.3, 0.4) is 0 Å². The Labute approximate surface area is 99.1 Å². The van der Waals surface area contributed by atoms with Gasteiger partial charge >= 0.3 is 0 Å². The van der Waals surface area contributed by atoms with Gasteiger partial charge in [0.05, 0.1) is 12.7 Å². The minimum Gasteiger partial charge on any atom is -0.385 e. The number of ether oxygens (including phenoxy) is 2. The van der Waals surface area contributed by atoms with E-state index in [1.807, 2.05) is 0 Å². The Morgan fingerprint density at radius 3 is 2.94 bits per heavy atom. The van der Waals surface area contributed by atoms with Crippen LogP contribution < -0.4 is 10.6 Å². The fourth-order valence-corrected chi connectivity index (χ4v) is 1.79. The molecule has 0 amide bonds. The van der Waals surface area contributed by atoms with Crippen molar-refractivity contribution in [2.24, 2.45) is 5.41 Å². The van der Waals surface area contributed by atoms with Gasteiger partial charge in [-0.2, -0.15) is 0 Å². The summed E-state index contributed by atoms with van der Waals surface area (Å²) in [6.07, 6.45) is 1.41. The van der Waals surface area contributed by atoms with Crippen molar-refractivity contribution >= 4 is 0 Å². The van der Waals surface area contributed by atoms with E-state index in [-0.39, 0.29) is 5.41 Å². The topological polar surface area (TPSA) is 42.5 Å². The zero-order valence-electron chi connectivity index (χ0n) is 10.8. The van der Waals surface area contributed by atoms with Crippen LogP contribution >= 0.6 is 0 Å². The van der Waals surface area contributed by atoms with E-state index in [1.165, 1.54) is 0 Å². The van der Waals surface area contributed by atoms with Crippen LogP contribution in [0.4, 0.5) is 0 Å². The molecule has 0 aliphatic carbocycles. The van der Waals surface area contributed by atoms with E-state index in [0.717, 1.165) is 45.8 Å². The molecular weight excluding hydrogens is 204 g/mol. The fraction of sp³-hybridized carbons (Fsp3) is 1.00. The summed E-state index contributed by atoms with van der Waals surface area (Å²) in [5.74, 6) is 0. The van der Waals surface area contributed by atoms with Crippen LogP contribution in [0.25, 0.3) is 0 Å². The lowest BCUT2D eigenvalue weighted by Crippen LogP contribution is -2.45. The van der Waals surface area contributed by atoms with Gasteiger partial charge in [0.2, 0.25) is 0 Å². The van der Waals surface area contributed by atoms with Gasteiger partial charge in [-0.25, -0.2) is 0 Å². The number of hydrogen-bond acceptors (Lipinski definition) is 4. The van der Waals surface area contributed by atoms with E-state index >= 15 is 0 Å². The van der Waals surface area contributed by atoms with Gasteiger partial charge in [0.25, 0.3) is 0 Å². The normalized spacial score (nSPS) is 22.3. The molecule has 0 spiro atoms. The van der Waals surface area contributed by atoms with Gasteiger partial charge in [-0.1, -0.05) is 13.8 Å². The predicted octanol–water partition coefficient (Wildman–Crippen LogP) is 0.627. The molecule has 96 valence electrons. The molecule has 0 radical (unpaired) electrons. The Bertz CT molecular complexity index is 180. The van der Waals surface area contributed by atoms with Crippen molar-refractivity contribution in [2.45, 2.75) is 26.4 Å². The molecule has 4 nitrogen and oxygen atoms in total. The lowest BCUT2D eigenvalue weighted by atomic mass is 9.89. The first-order chi connectivity index (χ1) is 7.64. The van der Waals surface area contributed by atoms with Crippen molar-refractivity contribution in [1.82, 2.24) is 10.6 Å². The molecule has 1 heterocycles. The Morgan fingerprint density at radius 1 is 1.50 bits per heavy atom. The van der Waals surface area contributed by atoms with Crippen LogP contribution in [0.15, 0.2) is 0 Å². The first kappa shape index (κ1) is 13.9. The summed E-state index contributed by atoms with van der Waals surface area (Å²) in [5.41, 5.74) is 0.290. The summed E-state index contributed by atoms with van der Waals surface area (Å²) in [5, 5.41) is 6.82. The van der Waals surface area contributed by atoms with Gasteiger partial charge in [-0.15, -0.1) is 0 Å². The molecule has 1 rings (SSSR count). The largest absolute Gasteiger partial charge is 0.385 e. The minimum absolute atomic E-state index is 0.290. The third-order valence-corrected chi connectivity index (χ3v) is 2.96. The fourth-order valence-electron chi connectivity index (χ4n) is 1.79. The molecule has 0 aromatic heterocycles. The minimum atomic E-state index is 0.290. The smallest absolute Gasteiger partial charge is 0.0824 e. The second-order valence-electron chi connectivity index (χ2n) is 5.23. The summed E-state index contributed by atoms with van der Waals surface area (Å²) in [6.45, 7) is 10.1. The quantitative estimate of drug-likeness (QED) is 0.673. The highest BCUT2D eigenvalue weighted by molar-refractivity contribution is 4.75. The maximum Gasteiger partial charge on any atom is 0.0824 e. The maximum absolute atomic E-state index is 5.62. The second-order valence-corrected chi connectivity index (χ2v) is 5.23. The standard InChI is InChI=1S/C12H26N2O2/c1-12(2,4-6-15-3)10-14-9-11-8-13-5-7-16-11/h11,13-14H,4-10H2,1-3H3. The molecular formula is C12H26N2O2. The second kappa shape index (κ2) is 7.22. The van der Waals surface area contributed by atoms with Gasteiger partial charge < -0.3 is 20.1 Å². The van der Waals surface area contributed by atoms with Crippen LogP contribution in [0.1, 0.15) is 20.3 Å². The number of morpholine rings is 1. The van der Waals surface area contributed by atoms with Crippen LogP contribution in [0.2, 0.25) is 0 Å². The highest BCUT2D eigenvalue weighted by Crippen LogP contribution is 2.18. The average Bonchev–Trinajstić information content (AvgIpc) is 2.28. The molecule has 1 fully saturated rings. The van der Waals surface area contributed by atoms with E-state index < -0.39 is 0 Å². The van der Waals surface area contributed by atoms with Crippen molar-refractivity contribution in [3.05, 3.63) is 0 Å². The monoisotopic (exact) mass is 230 g/mol. The highest BCUT2D eigenvalue weighted by Gasteiger charge is 2.18. The number of rotatable bonds is 7. The van der Waals surface area contributed by atoms with E-state index in [4.69, 9.17) is 9.47 Å². The summed E-state index contributed by atoms with van der Waals surface area (Å²) >= 11 is 0. The molecule has 1 aliphatic heterocycles. The van der Waals surface area contributed by atoms with Crippen LogP contribution in [-0.2, 0) is 9.47 Å². The van der Waals surface area contributed by atoms with Crippen molar-refractivity contribution < 1.29 is 9.47 Å². The van der Waals surface area contributed by atoms with E-state index in [9.17, 15) is 0 Å². The maximum atomic E-state index is 5.62. The van der Waals surface area contributed by atoms with Crippen LogP contribution in [0, 0.1) is 5.41 Å². The first-order valence-corrected chi connectivity index (χ1v) is 6.16. The predicted molar refractivity (Wildman–Crippen MR) is 65.8 cm³/mol. The van der Waals surface area contributed by atoms with Gasteiger partial charge in [-0.3, -0.25) is 0 Å². The van der Waals surface area contributed by atoms with E-state index in [0.29, 0.717) is 6.10 Å². The molecule has 16 heavy (non-hydrogen) atoms. The van der Waals surface area contributed by atoms with Crippen LogP contribution in [0.5, 0.6) is 0 Å². The van der Waals surface area contributed by atoms with Gasteiger partial charge in [0.15, 0.2) is 0 Å². The summed E-state index contributed by atoms with van der Waals surface area (Å²) in [7, 11) is 1.76. The Kier molecular flexibility index (Phi) is 6.28. The lowest BCUT2D eigenvalue weighted by molar-refractivity contribution is 0.0274. The molecule has 1 saturated heterocycles. The molecule has 4 heteroatoms. The Morgan fingerprint density at radius 2 is 2.31 bits per heavy atom. The van der Waals surface area contributed by atoms with E-state index in [2.05, 4.69) is 24.5 Å². The molecule has 0 bridgehead atoms. The molecule has 1 atom stereocenters. The SMILES string of the molecule is COCCC(C)(C)CNCC1CNCCO1. The number of hydrogen-bond donors (Lipinski definition) is 2. The summed E-state index contributed by atoms with van der Waals surface area (Å²) < 4.78 is 10.7. The number of nitrogens with one attached hydrogen (secondary N) is 2. The lowest BCUT2D eigenvalue weighted by Gasteiger charge is -2.28. The van der Waals surface area contributed by atoms with Crippen LogP contribution in [-0.4, -0.2) is 52.6 Å². The van der Waals surface area contributed by atoms with Crippen molar-refractivity contribution in [3.63, 3.8) is 0 Å². The van der Waals surface area contributed by atoms with Crippen molar-refractivity contribution in [2.75, 3.05) is 46.5 Å². The summed E-state index contributed by atoms with van der Waals surface area (Å²) in [6, 6.07) is 0. The van der Waals surface area contributed by atoms with Gasteiger partial charge in [-0.05, 0) is 11.8 Å². The zero-order valence-corrected chi connectivity index (χ0v) is 10.8. The van der Waals surface area contributed by atoms with E-state index in [1.54, 1.807) is 7.11 Å². The van der Waals surface area contributed by atoms with Crippen molar-refractivity contribution in [1.29, 1.82) is 0 Å². The molecule has 0 aromatic carbocycles. The Balaban J connectivity index is 2.08. The average molecular weight is 230 g/mol. The Hall–Kier alpha value is -0.160. The number of methoxy groups -OCH3 is 1. The molecule has 1 aliphatic rings. The van der Waals surface area contributed by atoms with Crippen molar-refractivity contribution in [3.8, 4) is 0 Å². The van der Waals surface area contributed by atoms with Gasteiger partial charge in [0.1, 0.15) is 0 Å². The highest BCUT2D eigenvalue weighted by atomic mass is 16.5. The third-order valence-electron chi connectivity index (χ3n) is 2.96. The molecule has 0 aromatic rings.